The van der Waals surface area contributed by atoms with E-state index in [1.807, 2.05) is 5.32 Å². The number of carbonyl (C=O) groups excluding carboxylic acids is 1. The number of nitrogens with zero attached hydrogens (tertiary/aromatic N) is 3. The molecule has 0 aliphatic rings. The van der Waals surface area contributed by atoms with Crippen LogP contribution < -0.4 is 5.32 Å². The third-order valence-electron chi connectivity index (χ3n) is 3.44. The number of alkyl halides is 3. The summed E-state index contributed by atoms with van der Waals surface area (Å²) in [7, 11) is 0. The highest BCUT2D eigenvalue weighted by Crippen LogP contribution is 2.41. The Morgan fingerprint density at radius 2 is 2.08 bits per heavy atom. The van der Waals surface area contributed by atoms with Crippen LogP contribution in [0.5, 0.6) is 0 Å². The number of thiophene rings is 1. The average molecular weight is 535 g/mol. The molecule has 138 valence electrons. The number of hydrogen-bond donors (Lipinski definition) is 1. The average Bonchev–Trinajstić information content (AvgIpc) is 3.09. The van der Waals surface area contributed by atoms with E-state index < -0.39 is 12.1 Å². The number of rotatable bonds is 4. The third kappa shape index (κ3) is 3.64. The van der Waals surface area contributed by atoms with Gasteiger partial charge in [-0.3, -0.25) is 4.79 Å². The van der Waals surface area contributed by atoms with Crippen LogP contribution in [0.1, 0.15) is 0 Å². The van der Waals surface area contributed by atoms with Crippen molar-refractivity contribution in [1.82, 2.24) is 19.9 Å². The molecule has 0 bridgehead atoms. The first-order valence-electron chi connectivity index (χ1n) is 6.98. The van der Waals surface area contributed by atoms with Crippen LogP contribution in [0, 0.1) is 3.57 Å². The number of amides is 1. The quantitative estimate of drug-likeness (QED) is 0.388. The number of carbonyl (C=O) groups is 1. The standard InChI is InChI=1S/C14H8Cl2F3IN4OS/c15-6-1-4-26-11(6)9-7(20)8-10(12(16)23-5-22-8)24(9)3-2-21-13(25)14(17,18)19/h1,4-5H,2-3H2,(H,21,25). The van der Waals surface area contributed by atoms with Gasteiger partial charge in [0.25, 0.3) is 0 Å². The van der Waals surface area contributed by atoms with E-state index in [2.05, 4.69) is 32.6 Å². The molecule has 0 fully saturated rings. The normalized spacial score (nSPS) is 11.9. The van der Waals surface area contributed by atoms with Gasteiger partial charge in [-0.1, -0.05) is 23.2 Å². The predicted molar refractivity (Wildman–Crippen MR) is 103 cm³/mol. The van der Waals surface area contributed by atoms with Crippen molar-refractivity contribution in [2.75, 3.05) is 6.54 Å². The van der Waals surface area contributed by atoms with E-state index in [9.17, 15) is 18.0 Å². The summed E-state index contributed by atoms with van der Waals surface area (Å²) in [6.45, 7) is -0.211. The summed E-state index contributed by atoms with van der Waals surface area (Å²) < 4.78 is 39.5. The van der Waals surface area contributed by atoms with Gasteiger partial charge >= 0.3 is 12.1 Å². The Bertz CT molecular complexity index is 989. The van der Waals surface area contributed by atoms with Crippen molar-refractivity contribution < 1.29 is 18.0 Å². The lowest BCUT2D eigenvalue weighted by molar-refractivity contribution is -0.173. The number of halogens is 6. The van der Waals surface area contributed by atoms with Crippen LogP contribution in [0.3, 0.4) is 0 Å². The topological polar surface area (TPSA) is 59.8 Å². The summed E-state index contributed by atoms with van der Waals surface area (Å²) in [5.74, 6) is -2.00. The Morgan fingerprint density at radius 1 is 1.35 bits per heavy atom. The molecule has 26 heavy (non-hydrogen) atoms. The molecule has 12 heteroatoms. The minimum Gasteiger partial charge on any atom is -0.346 e. The highest BCUT2D eigenvalue weighted by molar-refractivity contribution is 14.1. The number of fused-ring (bicyclic) bond motifs is 1. The lowest BCUT2D eigenvalue weighted by Gasteiger charge is -2.12. The summed E-state index contributed by atoms with van der Waals surface area (Å²) in [5.41, 5.74) is 1.70. The zero-order valence-corrected chi connectivity index (χ0v) is 17.1. The molecule has 3 rings (SSSR count). The largest absolute Gasteiger partial charge is 0.471 e. The van der Waals surface area contributed by atoms with Gasteiger partial charge in [-0.2, -0.15) is 13.2 Å². The van der Waals surface area contributed by atoms with Gasteiger partial charge in [-0.15, -0.1) is 11.3 Å². The van der Waals surface area contributed by atoms with E-state index in [4.69, 9.17) is 23.2 Å². The molecule has 0 saturated carbocycles. The summed E-state index contributed by atoms with van der Waals surface area (Å²) in [5, 5.41) is 4.31. The maximum atomic E-state index is 12.4. The smallest absolute Gasteiger partial charge is 0.346 e. The van der Waals surface area contributed by atoms with Gasteiger partial charge in [-0.05, 0) is 34.0 Å². The van der Waals surface area contributed by atoms with Crippen LogP contribution in [0.15, 0.2) is 17.8 Å². The summed E-state index contributed by atoms with van der Waals surface area (Å²) in [4.78, 5) is 19.9. The highest BCUT2D eigenvalue weighted by atomic mass is 127. The summed E-state index contributed by atoms with van der Waals surface area (Å²) in [6, 6.07) is 1.72. The first-order chi connectivity index (χ1) is 12.2. The Labute approximate surface area is 172 Å². The zero-order chi connectivity index (χ0) is 19.1. The van der Waals surface area contributed by atoms with Crippen LogP contribution >= 0.6 is 57.1 Å². The molecule has 0 atom stereocenters. The van der Waals surface area contributed by atoms with Crippen LogP contribution in [-0.2, 0) is 11.3 Å². The molecule has 3 heterocycles. The van der Waals surface area contributed by atoms with Crippen LogP contribution in [-0.4, -0.2) is 33.2 Å². The molecular formula is C14H8Cl2F3IN4OS. The SMILES string of the molecule is O=C(NCCn1c(-c2sccc2Cl)c(I)c2ncnc(Cl)c21)C(F)(F)F. The second kappa shape index (κ2) is 7.49. The van der Waals surface area contributed by atoms with Crippen molar-refractivity contribution in [2.45, 2.75) is 12.7 Å². The minimum absolute atomic E-state index is 0.0397. The Kier molecular flexibility index (Phi) is 5.66. The molecule has 0 unspecified atom stereocenters. The fourth-order valence-corrected chi connectivity index (χ4v) is 4.97. The third-order valence-corrected chi connectivity index (χ3v) is 6.09. The zero-order valence-electron chi connectivity index (χ0n) is 12.6. The van der Waals surface area contributed by atoms with Gasteiger partial charge in [0.05, 0.1) is 19.2 Å². The van der Waals surface area contributed by atoms with Crippen molar-refractivity contribution in [1.29, 1.82) is 0 Å². The molecule has 0 radical (unpaired) electrons. The van der Waals surface area contributed by atoms with Crippen molar-refractivity contribution in [3.05, 3.63) is 31.5 Å². The van der Waals surface area contributed by atoms with Gasteiger partial charge in [0.1, 0.15) is 17.4 Å². The first kappa shape index (κ1) is 19.6. The molecule has 0 aliphatic carbocycles. The van der Waals surface area contributed by atoms with Gasteiger partial charge in [0.2, 0.25) is 0 Å². The Balaban J connectivity index is 2.05. The van der Waals surface area contributed by atoms with Crippen LogP contribution in [0.4, 0.5) is 13.2 Å². The van der Waals surface area contributed by atoms with Gasteiger partial charge in [0.15, 0.2) is 5.15 Å². The molecule has 1 amide bonds. The second-order valence-corrected chi connectivity index (χ2v) is 7.79. The number of aromatic nitrogens is 3. The van der Waals surface area contributed by atoms with Crippen LogP contribution in [0.25, 0.3) is 21.6 Å². The first-order valence-corrected chi connectivity index (χ1v) is 9.69. The van der Waals surface area contributed by atoms with E-state index >= 15 is 0 Å². The summed E-state index contributed by atoms with van der Waals surface area (Å²) >= 11 is 15.9. The molecule has 1 N–H and O–H groups in total. The highest BCUT2D eigenvalue weighted by Gasteiger charge is 2.38. The Morgan fingerprint density at radius 3 is 2.69 bits per heavy atom. The monoisotopic (exact) mass is 534 g/mol. The van der Waals surface area contributed by atoms with Gasteiger partial charge in [0, 0.05) is 13.1 Å². The van der Waals surface area contributed by atoms with E-state index in [1.165, 1.54) is 17.7 Å². The van der Waals surface area contributed by atoms with Crippen molar-refractivity contribution in [2.24, 2.45) is 0 Å². The maximum Gasteiger partial charge on any atom is 0.471 e. The van der Waals surface area contributed by atoms with Gasteiger partial charge in [-0.25, -0.2) is 9.97 Å². The summed E-state index contributed by atoms with van der Waals surface area (Å²) in [6.07, 6.45) is -3.63. The maximum absolute atomic E-state index is 12.4. The lowest BCUT2D eigenvalue weighted by atomic mass is 10.3. The molecule has 3 aromatic rings. The van der Waals surface area contributed by atoms with Crippen LogP contribution in [0.2, 0.25) is 10.2 Å². The van der Waals surface area contributed by atoms with E-state index in [0.29, 0.717) is 21.7 Å². The lowest BCUT2D eigenvalue weighted by Crippen LogP contribution is -2.38. The molecule has 5 nitrogen and oxygen atoms in total. The molecular weight excluding hydrogens is 527 g/mol. The van der Waals surface area contributed by atoms with Crippen molar-refractivity contribution >= 4 is 74.1 Å². The molecule has 0 aliphatic heterocycles. The van der Waals surface area contributed by atoms with E-state index in [0.717, 1.165) is 8.45 Å². The van der Waals surface area contributed by atoms with E-state index in [1.54, 1.807) is 16.0 Å². The Hall–Kier alpha value is -1.11. The molecule has 0 spiro atoms. The predicted octanol–water partition coefficient (Wildman–Crippen LogP) is 4.75. The van der Waals surface area contributed by atoms with E-state index in [-0.39, 0.29) is 18.2 Å². The van der Waals surface area contributed by atoms with Crippen molar-refractivity contribution in [3.8, 4) is 10.6 Å². The second-order valence-electron chi connectivity index (χ2n) is 5.03. The fraction of sp³-hybridized carbons (Fsp3) is 0.214. The van der Waals surface area contributed by atoms with Gasteiger partial charge < -0.3 is 9.88 Å². The molecule has 0 saturated heterocycles. The number of nitrogens with one attached hydrogen (secondary N) is 1. The van der Waals surface area contributed by atoms with Crippen molar-refractivity contribution in [3.63, 3.8) is 0 Å². The molecule has 0 aromatic carbocycles. The molecule has 3 aromatic heterocycles. The number of hydrogen-bond acceptors (Lipinski definition) is 4. The fourth-order valence-electron chi connectivity index (χ4n) is 2.39. The minimum atomic E-state index is -4.94.